The molecule has 3 heterocycles. The van der Waals surface area contributed by atoms with Gasteiger partial charge in [0.25, 0.3) is 0 Å². The second-order valence-corrected chi connectivity index (χ2v) is 7.11. The Balaban J connectivity index is 1.65. The lowest BCUT2D eigenvalue weighted by Crippen LogP contribution is -2.34. The molecule has 3 nitrogen and oxygen atoms in total. The van der Waals surface area contributed by atoms with Crippen LogP contribution in [0.5, 0.6) is 5.75 Å². The van der Waals surface area contributed by atoms with E-state index in [1.54, 1.807) is 6.07 Å². The quantitative estimate of drug-likeness (QED) is 0.837. The molecule has 1 atom stereocenters. The highest BCUT2D eigenvalue weighted by atomic mass is 32.1. The van der Waals surface area contributed by atoms with Crippen LogP contribution in [0.15, 0.2) is 23.6 Å². The van der Waals surface area contributed by atoms with E-state index in [9.17, 15) is 4.39 Å². The van der Waals surface area contributed by atoms with Crippen molar-refractivity contribution in [2.24, 2.45) is 0 Å². The van der Waals surface area contributed by atoms with Gasteiger partial charge in [-0.2, -0.15) is 0 Å². The smallest absolute Gasteiger partial charge is 0.189 e. The zero-order valence-electron chi connectivity index (χ0n) is 13.2. The monoisotopic (exact) mass is 333 g/mol. The second kappa shape index (κ2) is 6.23. The molecule has 2 aromatic rings. The number of hydrogen-bond donors (Lipinski definition) is 0. The lowest BCUT2D eigenvalue weighted by Gasteiger charge is -2.36. The molecule has 2 aliphatic rings. The zero-order chi connectivity index (χ0) is 15.8. The van der Waals surface area contributed by atoms with Crippen molar-refractivity contribution in [1.29, 1.82) is 0 Å². The van der Waals surface area contributed by atoms with Gasteiger partial charge in [0.2, 0.25) is 0 Å². The molecule has 2 aliphatic heterocycles. The third kappa shape index (κ3) is 2.77. The first-order valence-corrected chi connectivity index (χ1v) is 8.96. The summed E-state index contributed by atoms with van der Waals surface area (Å²) in [4.78, 5) is 3.95. The van der Waals surface area contributed by atoms with Gasteiger partial charge in [-0.15, -0.1) is 11.3 Å². The maximum Gasteiger partial charge on any atom is 0.189 e. The maximum absolute atomic E-state index is 13.9. The third-order valence-electron chi connectivity index (χ3n) is 4.72. The number of thiophene rings is 1. The Labute approximate surface area is 139 Å². The summed E-state index contributed by atoms with van der Waals surface area (Å²) < 4.78 is 24.9. The van der Waals surface area contributed by atoms with Crippen LogP contribution in [0.1, 0.15) is 41.0 Å². The van der Waals surface area contributed by atoms with E-state index in [4.69, 9.17) is 9.47 Å². The molecule has 1 aromatic heterocycles. The van der Waals surface area contributed by atoms with Crippen LogP contribution in [0.2, 0.25) is 0 Å². The van der Waals surface area contributed by atoms with Crippen LogP contribution in [0.4, 0.5) is 4.39 Å². The Kier molecular flexibility index (Phi) is 4.09. The van der Waals surface area contributed by atoms with Gasteiger partial charge in [0.15, 0.2) is 6.79 Å². The van der Waals surface area contributed by atoms with Crippen LogP contribution in [0.3, 0.4) is 0 Å². The summed E-state index contributed by atoms with van der Waals surface area (Å²) in [6.07, 6.45) is 2.14. The SMILES string of the molecule is CCC1c2ccsc2CCN1Cc1cc(F)cc2c1OCOC2. The highest BCUT2D eigenvalue weighted by molar-refractivity contribution is 7.10. The molecule has 122 valence electrons. The summed E-state index contributed by atoms with van der Waals surface area (Å²) in [5.74, 6) is 0.595. The van der Waals surface area contributed by atoms with E-state index in [1.807, 2.05) is 11.3 Å². The Morgan fingerprint density at radius 2 is 2.30 bits per heavy atom. The molecule has 1 aromatic carbocycles. The molecular formula is C18H20FNO2S. The minimum atomic E-state index is -0.214. The molecule has 0 aliphatic carbocycles. The van der Waals surface area contributed by atoms with Gasteiger partial charge < -0.3 is 9.47 Å². The van der Waals surface area contributed by atoms with Crippen molar-refractivity contribution in [3.8, 4) is 5.75 Å². The van der Waals surface area contributed by atoms with Gasteiger partial charge >= 0.3 is 0 Å². The van der Waals surface area contributed by atoms with Gasteiger partial charge in [0, 0.05) is 35.1 Å². The molecule has 5 heteroatoms. The minimum absolute atomic E-state index is 0.214. The average molecular weight is 333 g/mol. The molecule has 0 saturated heterocycles. The van der Waals surface area contributed by atoms with E-state index in [-0.39, 0.29) is 12.6 Å². The highest BCUT2D eigenvalue weighted by Gasteiger charge is 2.28. The summed E-state index contributed by atoms with van der Waals surface area (Å²) in [5, 5.41) is 2.18. The summed E-state index contributed by atoms with van der Waals surface area (Å²) in [7, 11) is 0. The number of rotatable bonds is 3. The van der Waals surface area contributed by atoms with Crippen LogP contribution in [-0.2, 0) is 24.3 Å². The van der Waals surface area contributed by atoms with Crippen molar-refractivity contribution in [3.05, 3.63) is 51.0 Å². The van der Waals surface area contributed by atoms with Crippen molar-refractivity contribution in [3.63, 3.8) is 0 Å². The number of ether oxygens (including phenoxy) is 2. The number of nitrogens with zero attached hydrogens (tertiary/aromatic N) is 1. The van der Waals surface area contributed by atoms with Gasteiger partial charge in [-0.1, -0.05) is 6.92 Å². The topological polar surface area (TPSA) is 21.7 Å². The summed E-state index contributed by atoms with van der Waals surface area (Å²) in [6, 6.07) is 5.78. The Hall–Kier alpha value is -1.43. The van der Waals surface area contributed by atoms with Gasteiger partial charge in [0.1, 0.15) is 11.6 Å². The van der Waals surface area contributed by atoms with E-state index in [0.29, 0.717) is 19.2 Å². The van der Waals surface area contributed by atoms with Crippen molar-refractivity contribution < 1.29 is 13.9 Å². The van der Waals surface area contributed by atoms with Crippen LogP contribution in [0, 0.1) is 5.82 Å². The van der Waals surface area contributed by atoms with Crippen molar-refractivity contribution >= 4 is 11.3 Å². The predicted molar refractivity (Wildman–Crippen MR) is 88.1 cm³/mol. The molecule has 0 saturated carbocycles. The fourth-order valence-electron chi connectivity index (χ4n) is 3.71. The molecule has 1 unspecified atom stereocenters. The lowest BCUT2D eigenvalue weighted by atomic mass is 9.96. The van der Waals surface area contributed by atoms with Gasteiger partial charge in [-0.25, -0.2) is 4.39 Å². The Morgan fingerprint density at radius 3 is 3.17 bits per heavy atom. The molecule has 0 radical (unpaired) electrons. The van der Waals surface area contributed by atoms with E-state index in [1.165, 1.54) is 16.5 Å². The number of benzene rings is 1. The number of halogens is 1. The largest absolute Gasteiger partial charge is 0.467 e. The van der Waals surface area contributed by atoms with Gasteiger partial charge in [-0.3, -0.25) is 4.90 Å². The first-order chi connectivity index (χ1) is 11.3. The van der Waals surface area contributed by atoms with Gasteiger partial charge in [0.05, 0.1) is 6.61 Å². The molecule has 0 N–H and O–H groups in total. The van der Waals surface area contributed by atoms with Gasteiger partial charge in [-0.05, 0) is 42.0 Å². The van der Waals surface area contributed by atoms with E-state index >= 15 is 0 Å². The Bertz CT molecular complexity index is 715. The molecular weight excluding hydrogens is 313 g/mol. The average Bonchev–Trinajstić information content (AvgIpc) is 3.03. The molecule has 0 fully saturated rings. The third-order valence-corrected chi connectivity index (χ3v) is 5.71. The van der Waals surface area contributed by atoms with Crippen molar-refractivity contribution in [2.45, 2.75) is 39.0 Å². The van der Waals surface area contributed by atoms with Crippen LogP contribution < -0.4 is 4.74 Å². The normalized spacial score (nSPS) is 20.7. The minimum Gasteiger partial charge on any atom is -0.467 e. The van der Waals surface area contributed by atoms with Crippen LogP contribution in [0.25, 0.3) is 0 Å². The molecule has 23 heavy (non-hydrogen) atoms. The molecule has 4 rings (SSSR count). The zero-order valence-corrected chi connectivity index (χ0v) is 14.0. The fraction of sp³-hybridized carbons (Fsp3) is 0.444. The first kappa shape index (κ1) is 15.1. The number of fused-ring (bicyclic) bond motifs is 2. The maximum atomic E-state index is 13.9. The highest BCUT2D eigenvalue weighted by Crippen LogP contribution is 2.38. The second-order valence-electron chi connectivity index (χ2n) is 6.11. The predicted octanol–water partition coefficient (Wildman–Crippen LogP) is 4.26. The summed E-state index contributed by atoms with van der Waals surface area (Å²) in [5.41, 5.74) is 3.19. The summed E-state index contributed by atoms with van der Waals surface area (Å²) >= 11 is 1.85. The standard InChI is InChI=1S/C18H20FNO2S/c1-2-16-15-4-6-23-17(15)3-5-20(16)9-12-7-14(19)8-13-10-21-11-22-18(12)13/h4,6-8,16H,2-3,5,9-11H2,1H3. The first-order valence-electron chi connectivity index (χ1n) is 8.08. The van der Waals surface area contributed by atoms with Crippen LogP contribution >= 0.6 is 11.3 Å². The fourth-order valence-corrected chi connectivity index (χ4v) is 4.64. The van der Waals surface area contributed by atoms with Crippen molar-refractivity contribution in [2.75, 3.05) is 13.3 Å². The molecule has 0 amide bonds. The summed E-state index contributed by atoms with van der Waals surface area (Å²) in [6.45, 7) is 4.61. The van der Waals surface area contributed by atoms with Crippen LogP contribution in [-0.4, -0.2) is 18.2 Å². The molecule has 0 spiro atoms. The van der Waals surface area contributed by atoms with E-state index in [2.05, 4.69) is 23.3 Å². The van der Waals surface area contributed by atoms with E-state index < -0.39 is 0 Å². The Morgan fingerprint density at radius 1 is 1.39 bits per heavy atom. The van der Waals surface area contributed by atoms with E-state index in [0.717, 1.165) is 36.3 Å². The number of hydrogen-bond acceptors (Lipinski definition) is 4. The lowest BCUT2D eigenvalue weighted by molar-refractivity contribution is -0.0179. The molecule has 0 bridgehead atoms. The van der Waals surface area contributed by atoms with Crippen molar-refractivity contribution in [1.82, 2.24) is 4.90 Å².